The van der Waals surface area contributed by atoms with E-state index in [0.29, 0.717) is 26.2 Å². The van der Waals surface area contributed by atoms with Gasteiger partial charge in [0.15, 0.2) is 0 Å². The number of thiophene rings is 1. The lowest BCUT2D eigenvalue weighted by Gasteiger charge is -2.08. The summed E-state index contributed by atoms with van der Waals surface area (Å²) in [5.74, 6) is -0.704. The summed E-state index contributed by atoms with van der Waals surface area (Å²) in [7, 11) is 1.32. The van der Waals surface area contributed by atoms with Gasteiger partial charge in [0.1, 0.15) is 4.83 Å². The Morgan fingerprint density at radius 3 is 2.64 bits per heavy atom. The number of hydrogen-bond donors (Lipinski definition) is 1. The number of ether oxygens (including phenoxy) is 1. The van der Waals surface area contributed by atoms with Crippen molar-refractivity contribution in [1.29, 1.82) is 0 Å². The minimum absolute atomic E-state index is 0.234. The van der Waals surface area contributed by atoms with Crippen molar-refractivity contribution in [3.8, 4) is 0 Å². The van der Waals surface area contributed by atoms with Crippen LogP contribution >= 0.6 is 11.3 Å². The van der Waals surface area contributed by atoms with Gasteiger partial charge in [0.25, 0.3) is 11.5 Å². The fourth-order valence-corrected chi connectivity index (χ4v) is 4.77. The van der Waals surface area contributed by atoms with Crippen LogP contribution in [0.25, 0.3) is 10.2 Å². The van der Waals surface area contributed by atoms with Gasteiger partial charge in [-0.2, -0.15) is 0 Å². The molecule has 1 amide bonds. The molecule has 2 heterocycles. The zero-order valence-electron chi connectivity index (χ0n) is 18.8. The highest BCUT2D eigenvalue weighted by atomic mass is 32.1. The van der Waals surface area contributed by atoms with E-state index in [0.717, 1.165) is 22.4 Å². The van der Waals surface area contributed by atoms with E-state index in [9.17, 15) is 14.4 Å². The summed E-state index contributed by atoms with van der Waals surface area (Å²) >= 11 is 1.20. The second-order valence-corrected chi connectivity index (χ2v) is 8.88. The fraction of sp³-hybridized carbons (Fsp3) is 0.200. The number of methoxy groups -OCH3 is 1. The molecule has 0 atom stereocenters. The maximum Gasteiger partial charge on any atom is 0.337 e. The van der Waals surface area contributed by atoms with Gasteiger partial charge in [-0.05, 0) is 55.7 Å². The molecule has 33 heavy (non-hydrogen) atoms. The first-order chi connectivity index (χ1) is 15.8. The summed E-state index contributed by atoms with van der Waals surface area (Å²) in [4.78, 5) is 43.4. The number of hydrogen-bond acceptors (Lipinski definition) is 6. The van der Waals surface area contributed by atoms with E-state index in [4.69, 9.17) is 4.74 Å². The first-order valence-electron chi connectivity index (χ1n) is 10.3. The van der Waals surface area contributed by atoms with Crippen LogP contribution in [0, 0.1) is 20.8 Å². The number of nitrogens with one attached hydrogen (secondary N) is 1. The molecule has 0 saturated heterocycles. The molecule has 0 saturated carbocycles. The predicted molar refractivity (Wildman–Crippen MR) is 129 cm³/mol. The van der Waals surface area contributed by atoms with Gasteiger partial charge in [-0.25, -0.2) is 9.78 Å². The topological polar surface area (TPSA) is 90.3 Å². The average molecular weight is 462 g/mol. The monoisotopic (exact) mass is 461 g/mol. The van der Waals surface area contributed by atoms with E-state index >= 15 is 0 Å². The Morgan fingerprint density at radius 2 is 1.91 bits per heavy atom. The molecule has 0 bridgehead atoms. The van der Waals surface area contributed by atoms with Gasteiger partial charge in [0.05, 0.1) is 35.8 Å². The standard InChI is InChI=1S/C25H23N3O4S/c1-14-8-9-19(15(2)10-14)27-22(29)21-16(3)20-23(33-21)26-13-28(24(20)30)12-17-6-5-7-18(11-17)25(31)32-4/h5-11,13H,12H2,1-4H3,(H,27,29). The number of esters is 1. The minimum atomic E-state index is -0.439. The number of aryl methyl sites for hydroxylation is 3. The number of carbonyl (C=O) groups is 2. The van der Waals surface area contributed by atoms with Crippen molar-refractivity contribution in [2.45, 2.75) is 27.3 Å². The Morgan fingerprint density at radius 1 is 1.12 bits per heavy atom. The molecule has 4 rings (SSSR count). The fourth-order valence-electron chi connectivity index (χ4n) is 3.73. The van der Waals surface area contributed by atoms with E-state index in [2.05, 4.69) is 10.3 Å². The summed E-state index contributed by atoms with van der Waals surface area (Å²) in [6.45, 7) is 5.94. The second-order valence-electron chi connectivity index (χ2n) is 7.88. The summed E-state index contributed by atoms with van der Waals surface area (Å²) in [5.41, 5.74) is 4.37. The number of fused-ring (bicyclic) bond motifs is 1. The van der Waals surface area contributed by atoms with Gasteiger partial charge >= 0.3 is 5.97 Å². The summed E-state index contributed by atoms with van der Waals surface area (Å²) in [6, 6.07) is 12.7. The zero-order valence-corrected chi connectivity index (χ0v) is 19.6. The van der Waals surface area contributed by atoms with E-state index in [1.54, 1.807) is 25.1 Å². The van der Waals surface area contributed by atoms with Crippen LogP contribution in [0.15, 0.2) is 53.6 Å². The Labute approximate surface area is 194 Å². The molecule has 8 heteroatoms. The van der Waals surface area contributed by atoms with Gasteiger partial charge in [-0.1, -0.05) is 29.8 Å². The molecule has 0 aliphatic heterocycles. The molecule has 2 aromatic heterocycles. The van der Waals surface area contributed by atoms with E-state index in [1.165, 1.54) is 29.3 Å². The molecule has 1 N–H and O–H groups in total. The highest BCUT2D eigenvalue weighted by Crippen LogP contribution is 2.28. The van der Waals surface area contributed by atoms with Crippen LogP contribution in [0.5, 0.6) is 0 Å². The molecule has 168 valence electrons. The van der Waals surface area contributed by atoms with Crippen molar-refractivity contribution >= 4 is 39.1 Å². The van der Waals surface area contributed by atoms with Gasteiger partial charge in [-0.3, -0.25) is 14.2 Å². The van der Waals surface area contributed by atoms with Crippen molar-refractivity contribution in [2.24, 2.45) is 0 Å². The normalized spacial score (nSPS) is 10.9. The van der Waals surface area contributed by atoms with Crippen molar-refractivity contribution in [2.75, 3.05) is 12.4 Å². The molecule has 0 unspecified atom stereocenters. The molecule has 0 fully saturated rings. The Hall–Kier alpha value is -3.78. The first-order valence-corrected chi connectivity index (χ1v) is 11.1. The Kier molecular flexibility index (Phi) is 6.11. The largest absolute Gasteiger partial charge is 0.465 e. The van der Waals surface area contributed by atoms with E-state index in [1.807, 2.05) is 38.1 Å². The first kappa shape index (κ1) is 22.4. The third kappa shape index (κ3) is 4.42. The van der Waals surface area contributed by atoms with Crippen molar-refractivity contribution < 1.29 is 14.3 Å². The number of aromatic nitrogens is 2. The number of rotatable bonds is 5. The third-order valence-electron chi connectivity index (χ3n) is 5.45. The number of anilines is 1. The quantitative estimate of drug-likeness (QED) is 0.443. The lowest BCUT2D eigenvalue weighted by atomic mass is 10.1. The second kappa shape index (κ2) is 8.99. The maximum absolute atomic E-state index is 13.2. The van der Waals surface area contributed by atoms with Crippen LogP contribution in [0.3, 0.4) is 0 Å². The third-order valence-corrected chi connectivity index (χ3v) is 6.65. The molecule has 0 spiro atoms. The number of nitrogens with zero attached hydrogens (tertiary/aromatic N) is 2. The minimum Gasteiger partial charge on any atom is -0.465 e. The molecule has 0 radical (unpaired) electrons. The van der Waals surface area contributed by atoms with Crippen LogP contribution in [-0.2, 0) is 11.3 Å². The van der Waals surface area contributed by atoms with Gasteiger partial charge in [-0.15, -0.1) is 11.3 Å². The Balaban J connectivity index is 1.66. The lowest BCUT2D eigenvalue weighted by molar-refractivity contribution is 0.0600. The zero-order chi connectivity index (χ0) is 23.7. The van der Waals surface area contributed by atoms with Crippen molar-refractivity contribution in [3.05, 3.63) is 91.8 Å². The summed E-state index contributed by atoms with van der Waals surface area (Å²) in [6.07, 6.45) is 1.47. The summed E-state index contributed by atoms with van der Waals surface area (Å²) < 4.78 is 6.24. The SMILES string of the molecule is COC(=O)c1cccc(Cn2cnc3sc(C(=O)Nc4ccc(C)cc4C)c(C)c3c2=O)c1. The smallest absolute Gasteiger partial charge is 0.337 e. The number of carbonyl (C=O) groups excluding carboxylic acids is 2. The number of amides is 1. The van der Waals surface area contributed by atoms with Crippen molar-refractivity contribution in [3.63, 3.8) is 0 Å². The average Bonchev–Trinajstić information content (AvgIpc) is 3.14. The molecule has 7 nitrogen and oxygen atoms in total. The molecular weight excluding hydrogens is 438 g/mol. The molecule has 2 aromatic carbocycles. The summed E-state index contributed by atoms with van der Waals surface area (Å²) in [5, 5.41) is 3.37. The van der Waals surface area contributed by atoms with Crippen LogP contribution in [0.1, 0.15) is 42.3 Å². The maximum atomic E-state index is 13.2. The molecule has 4 aromatic rings. The van der Waals surface area contributed by atoms with Gasteiger partial charge in [0, 0.05) is 5.69 Å². The van der Waals surface area contributed by atoms with Crippen molar-refractivity contribution in [1.82, 2.24) is 9.55 Å². The van der Waals surface area contributed by atoms with Gasteiger partial charge in [0.2, 0.25) is 0 Å². The molecule has 0 aliphatic rings. The van der Waals surface area contributed by atoms with Crippen LogP contribution < -0.4 is 10.9 Å². The van der Waals surface area contributed by atoms with Crippen LogP contribution in [-0.4, -0.2) is 28.5 Å². The van der Waals surface area contributed by atoms with Crippen LogP contribution in [0.2, 0.25) is 0 Å². The highest BCUT2D eigenvalue weighted by molar-refractivity contribution is 7.20. The van der Waals surface area contributed by atoms with Gasteiger partial charge < -0.3 is 10.1 Å². The Bertz CT molecular complexity index is 1450. The van der Waals surface area contributed by atoms with E-state index in [-0.39, 0.29) is 18.0 Å². The molecular formula is C25H23N3O4S. The van der Waals surface area contributed by atoms with E-state index < -0.39 is 5.97 Å². The molecule has 0 aliphatic carbocycles. The highest BCUT2D eigenvalue weighted by Gasteiger charge is 2.20. The predicted octanol–water partition coefficient (Wildman–Crippen LogP) is 4.47. The van der Waals surface area contributed by atoms with Crippen LogP contribution in [0.4, 0.5) is 5.69 Å². The lowest BCUT2D eigenvalue weighted by Crippen LogP contribution is -2.21. The number of benzene rings is 2.